The molecule has 2 bridgehead atoms. The van der Waals surface area contributed by atoms with E-state index in [-0.39, 0.29) is 17.2 Å². The van der Waals surface area contributed by atoms with Gasteiger partial charge in [0.25, 0.3) is 0 Å². The number of halogens is 1. The summed E-state index contributed by atoms with van der Waals surface area (Å²) in [5.41, 5.74) is 0.205. The Hall–Kier alpha value is -1.38. The molecule has 0 spiro atoms. The molecule has 0 N–H and O–H groups in total. The Labute approximate surface area is 132 Å². The molecule has 0 saturated heterocycles. The highest BCUT2D eigenvalue weighted by atomic mass is 19.1. The average molecular weight is 304 g/mol. The zero-order chi connectivity index (χ0) is 15.6. The minimum Gasteiger partial charge on any atom is -0.426 e. The van der Waals surface area contributed by atoms with Crippen LogP contribution >= 0.6 is 0 Å². The molecular weight excluding hydrogens is 279 g/mol. The Morgan fingerprint density at radius 1 is 1.09 bits per heavy atom. The maximum absolute atomic E-state index is 12.9. The van der Waals surface area contributed by atoms with E-state index in [9.17, 15) is 9.18 Å². The molecule has 1 aromatic carbocycles. The lowest BCUT2D eigenvalue weighted by atomic mass is 9.52. The Kier molecular flexibility index (Phi) is 4.24. The van der Waals surface area contributed by atoms with Crippen LogP contribution in [0.15, 0.2) is 24.3 Å². The molecule has 1 aromatic rings. The van der Waals surface area contributed by atoms with Gasteiger partial charge in [-0.1, -0.05) is 19.8 Å². The van der Waals surface area contributed by atoms with Crippen LogP contribution in [0.2, 0.25) is 0 Å². The Morgan fingerprint density at radius 3 is 2.23 bits per heavy atom. The van der Waals surface area contributed by atoms with Crippen molar-refractivity contribution in [1.82, 2.24) is 0 Å². The van der Waals surface area contributed by atoms with E-state index in [4.69, 9.17) is 4.74 Å². The van der Waals surface area contributed by atoms with E-state index in [1.807, 2.05) is 0 Å². The van der Waals surface area contributed by atoms with E-state index in [1.54, 1.807) is 0 Å². The van der Waals surface area contributed by atoms with Gasteiger partial charge in [-0.05, 0) is 74.6 Å². The van der Waals surface area contributed by atoms with Gasteiger partial charge in [0.1, 0.15) is 11.6 Å². The zero-order valence-corrected chi connectivity index (χ0v) is 13.4. The van der Waals surface area contributed by atoms with Crippen molar-refractivity contribution in [1.29, 1.82) is 0 Å². The summed E-state index contributed by atoms with van der Waals surface area (Å²) in [7, 11) is 0. The minimum absolute atomic E-state index is 0.108. The highest BCUT2D eigenvalue weighted by Crippen LogP contribution is 2.59. The van der Waals surface area contributed by atoms with Crippen LogP contribution in [0, 0.1) is 16.6 Å². The first-order valence-electron chi connectivity index (χ1n) is 8.55. The second kappa shape index (κ2) is 6.02. The van der Waals surface area contributed by atoms with Crippen molar-refractivity contribution in [3.63, 3.8) is 0 Å². The van der Waals surface area contributed by atoms with Gasteiger partial charge >= 0.3 is 5.97 Å². The SMILES string of the molecule is CCCCC12CCC(C(=O)Oc3ccc(F)cc3)(CC1)CC2. The first-order valence-corrected chi connectivity index (χ1v) is 8.55. The number of carbonyl (C=O) groups is 1. The smallest absolute Gasteiger partial charge is 0.317 e. The molecule has 0 atom stereocenters. The molecule has 3 aliphatic carbocycles. The Balaban J connectivity index is 1.64. The molecule has 3 heteroatoms. The van der Waals surface area contributed by atoms with E-state index in [1.165, 1.54) is 43.5 Å². The van der Waals surface area contributed by atoms with Crippen LogP contribution in [0.3, 0.4) is 0 Å². The Morgan fingerprint density at radius 2 is 1.68 bits per heavy atom. The van der Waals surface area contributed by atoms with E-state index in [0.29, 0.717) is 11.2 Å². The van der Waals surface area contributed by atoms with Gasteiger partial charge in [0.05, 0.1) is 5.41 Å². The van der Waals surface area contributed by atoms with Gasteiger partial charge in [-0.3, -0.25) is 4.79 Å². The van der Waals surface area contributed by atoms with Crippen LogP contribution in [0.1, 0.15) is 64.7 Å². The van der Waals surface area contributed by atoms with Gasteiger partial charge < -0.3 is 4.74 Å². The monoisotopic (exact) mass is 304 g/mol. The molecule has 3 fully saturated rings. The van der Waals surface area contributed by atoms with Gasteiger partial charge in [-0.2, -0.15) is 0 Å². The van der Waals surface area contributed by atoms with Crippen molar-refractivity contribution in [2.24, 2.45) is 10.8 Å². The number of esters is 1. The summed E-state index contributed by atoms with van der Waals surface area (Å²) >= 11 is 0. The number of ether oxygens (including phenoxy) is 1. The van der Waals surface area contributed by atoms with Crippen LogP contribution in [-0.4, -0.2) is 5.97 Å². The first-order chi connectivity index (χ1) is 10.6. The predicted molar refractivity (Wildman–Crippen MR) is 84.1 cm³/mol. The Bertz CT molecular complexity index is 510. The highest BCUT2D eigenvalue weighted by Gasteiger charge is 2.52. The average Bonchev–Trinajstić information content (AvgIpc) is 2.57. The zero-order valence-electron chi connectivity index (χ0n) is 13.4. The molecule has 120 valence electrons. The molecule has 0 aromatic heterocycles. The number of unbranched alkanes of at least 4 members (excludes halogenated alkanes) is 1. The third kappa shape index (κ3) is 2.90. The fourth-order valence-corrected chi connectivity index (χ4v) is 4.21. The van der Waals surface area contributed by atoms with Crippen molar-refractivity contribution < 1.29 is 13.9 Å². The third-order valence-electron chi connectivity index (χ3n) is 5.92. The normalized spacial score (nSPS) is 30.3. The van der Waals surface area contributed by atoms with Crippen LogP contribution in [0.5, 0.6) is 5.75 Å². The molecule has 3 saturated carbocycles. The van der Waals surface area contributed by atoms with Gasteiger partial charge in [0.15, 0.2) is 0 Å². The predicted octanol–water partition coefficient (Wildman–Crippen LogP) is 5.26. The third-order valence-corrected chi connectivity index (χ3v) is 5.92. The summed E-state index contributed by atoms with van der Waals surface area (Å²) < 4.78 is 18.5. The lowest BCUT2D eigenvalue weighted by molar-refractivity contribution is -0.156. The molecule has 3 aliphatic rings. The van der Waals surface area contributed by atoms with Crippen LogP contribution in [0.25, 0.3) is 0 Å². The van der Waals surface area contributed by atoms with E-state index in [0.717, 1.165) is 38.5 Å². The summed E-state index contributed by atoms with van der Waals surface area (Å²) in [6, 6.07) is 5.72. The summed E-state index contributed by atoms with van der Waals surface area (Å²) in [6.07, 6.45) is 10.2. The number of rotatable bonds is 5. The quantitative estimate of drug-likeness (QED) is 0.547. The molecule has 0 radical (unpaired) electrons. The molecule has 2 nitrogen and oxygen atoms in total. The topological polar surface area (TPSA) is 26.3 Å². The molecule has 0 amide bonds. The van der Waals surface area contributed by atoms with Crippen LogP contribution in [0.4, 0.5) is 4.39 Å². The largest absolute Gasteiger partial charge is 0.426 e. The summed E-state index contributed by atoms with van der Waals surface area (Å²) in [5.74, 6) is 0.0334. The van der Waals surface area contributed by atoms with Crippen LogP contribution in [-0.2, 0) is 4.79 Å². The number of carbonyl (C=O) groups excluding carboxylic acids is 1. The molecular formula is C19H25FO2. The second-order valence-electron chi connectivity index (χ2n) is 7.23. The number of fused-ring (bicyclic) bond motifs is 3. The fraction of sp³-hybridized carbons (Fsp3) is 0.632. The van der Waals surface area contributed by atoms with Gasteiger partial charge in [0.2, 0.25) is 0 Å². The standard InChI is InChI=1S/C19H25FO2/c1-2-3-8-18-9-12-19(13-10-18,14-11-18)17(21)22-16-6-4-15(20)5-7-16/h4-7H,2-3,8-14H2,1H3. The number of benzene rings is 1. The van der Waals surface area contributed by atoms with Crippen molar-refractivity contribution in [3.8, 4) is 5.75 Å². The number of hydrogen-bond acceptors (Lipinski definition) is 2. The summed E-state index contributed by atoms with van der Waals surface area (Å²) in [5, 5.41) is 0. The lowest BCUT2D eigenvalue weighted by Gasteiger charge is -2.52. The molecule has 0 heterocycles. The minimum atomic E-state index is -0.311. The van der Waals surface area contributed by atoms with E-state index >= 15 is 0 Å². The van der Waals surface area contributed by atoms with Crippen molar-refractivity contribution >= 4 is 5.97 Å². The van der Waals surface area contributed by atoms with Crippen molar-refractivity contribution in [2.75, 3.05) is 0 Å². The molecule has 0 unspecified atom stereocenters. The number of hydrogen-bond donors (Lipinski definition) is 0. The van der Waals surface area contributed by atoms with Crippen molar-refractivity contribution in [2.45, 2.75) is 64.7 Å². The lowest BCUT2D eigenvalue weighted by Crippen LogP contribution is -2.47. The van der Waals surface area contributed by atoms with Gasteiger partial charge in [0, 0.05) is 0 Å². The maximum Gasteiger partial charge on any atom is 0.317 e. The fourth-order valence-electron chi connectivity index (χ4n) is 4.21. The van der Waals surface area contributed by atoms with Crippen molar-refractivity contribution in [3.05, 3.63) is 30.1 Å². The van der Waals surface area contributed by atoms with Crippen LogP contribution < -0.4 is 4.74 Å². The van der Waals surface area contributed by atoms with E-state index in [2.05, 4.69) is 6.92 Å². The maximum atomic E-state index is 12.9. The second-order valence-corrected chi connectivity index (χ2v) is 7.23. The highest BCUT2D eigenvalue weighted by molar-refractivity contribution is 5.79. The molecule has 0 aliphatic heterocycles. The first kappa shape index (κ1) is 15.5. The summed E-state index contributed by atoms with van der Waals surface area (Å²) in [6.45, 7) is 2.24. The summed E-state index contributed by atoms with van der Waals surface area (Å²) in [4.78, 5) is 12.6. The van der Waals surface area contributed by atoms with Gasteiger partial charge in [-0.15, -0.1) is 0 Å². The van der Waals surface area contributed by atoms with E-state index < -0.39 is 0 Å². The molecule has 4 rings (SSSR count). The van der Waals surface area contributed by atoms with Gasteiger partial charge in [-0.25, -0.2) is 4.39 Å². The molecule has 22 heavy (non-hydrogen) atoms.